The lowest BCUT2D eigenvalue weighted by Gasteiger charge is -2.15. The molecule has 4 heteroatoms. The van der Waals surface area contributed by atoms with Crippen molar-refractivity contribution in [3.05, 3.63) is 23.8 Å². The van der Waals surface area contributed by atoms with E-state index in [9.17, 15) is 4.79 Å². The predicted molar refractivity (Wildman–Crippen MR) is 85.7 cm³/mol. The van der Waals surface area contributed by atoms with Crippen molar-refractivity contribution in [2.75, 3.05) is 12.3 Å². The Bertz CT molecular complexity index is 446. The van der Waals surface area contributed by atoms with E-state index in [4.69, 9.17) is 15.2 Å². The molecule has 0 aliphatic rings. The van der Waals surface area contributed by atoms with Gasteiger partial charge in [-0.15, -0.1) is 0 Å². The minimum atomic E-state index is -0.394. The lowest BCUT2D eigenvalue weighted by Crippen LogP contribution is -2.13. The van der Waals surface area contributed by atoms with Gasteiger partial charge >= 0.3 is 5.97 Å². The molecule has 118 valence electrons. The zero-order valence-corrected chi connectivity index (χ0v) is 13.4. The molecule has 0 aromatic heterocycles. The first-order valence-corrected chi connectivity index (χ1v) is 7.81. The Hall–Kier alpha value is -1.71. The number of hydrogen-bond donors (Lipinski definition) is 1. The smallest absolute Gasteiger partial charge is 0.340 e. The van der Waals surface area contributed by atoms with Gasteiger partial charge in [0.15, 0.2) is 0 Å². The highest BCUT2D eigenvalue weighted by atomic mass is 16.5. The van der Waals surface area contributed by atoms with Crippen molar-refractivity contribution in [2.45, 2.75) is 59.0 Å². The second-order valence-corrected chi connectivity index (χ2v) is 5.25. The van der Waals surface area contributed by atoms with Crippen LogP contribution in [-0.2, 0) is 4.74 Å². The molecule has 0 amide bonds. The third-order valence-corrected chi connectivity index (χ3v) is 3.32. The Morgan fingerprint density at radius 2 is 2.00 bits per heavy atom. The first-order valence-electron chi connectivity index (χ1n) is 7.81. The van der Waals surface area contributed by atoms with Gasteiger partial charge in [-0.3, -0.25) is 0 Å². The number of esters is 1. The normalized spacial score (nSPS) is 12.0. The van der Waals surface area contributed by atoms with Crippen molar-refractivity contribution >= 4 is 11.7 Å². The number of nitrogen functional groups attached to an aromatic ring is 1. The summed E-state index contributed by atoms with van der Waals surface area (Å²) in [4.78, 5) is 11.7. The number of ether oxygens (including phenoxy) is 2. The summed E-state index contributed by atoms with van der Waals surface area (Å²) in [6.07, 6.45) is 6.10. The van der Waals surface area contributed by atoms with Gasteiger partial charge in [0.05, 0.1) is 18.3 Å². The van der Waals surface area contributed by atoms with E-state index in [1.54, 1.807) is 25.1 Å². The molecular formula is C17H27NO3. The molecule has 0 saturated heterocycles. The van der Waals surface area contributed by atoms with E-state index in [-0.39, 0.29) is 6.10 Å². The van der Waals surface area contributed by atoms with Crippen LogP contribution in [0.5, 0.6) is 5.75 Å². The minimum Gasteiger partial charge on any atom is -0.491 e. The number of hydrogen-bond acceptors (Lipinski definition) is 4. The van der Waals surface area contributed by atoms with E-state index in [2.05, 4.69) is 13.8 Å². The number of nitrogens with two attached hydrogens (primary N) is 1. The molecule has 0 radical (unpaired) electrons. The molecular weight excluding hydrogens is 266 g/mol. The van der Waals surface area contributed by atoms with Gasteiger partial charge in [-0.1, -0.05) is 26.2 Å². The first kappa shape index (κ1) is 17.3. The number of carbonyl (C=O) groups excluding carboxylic acids is 1. The van der Waals surface area contributed by atoms with Crippen LogP contribution in [0.3, 0.4) is 0 Å². The monoisotopic (exact) mass is 293 g/mol. The number of rotatable bonds is 9. The van der Waals surface area contributed by atoms with Crippen LogP contribution in [0.25, 0.3) is 0 Å². The summed E-state index contributed by atoms with van der Waals surface area (Å²) in [5, 5.41) is 0. The predicted octanol–water partition coefficient (Wildman–Crippen LogP) is 4.18. The molecule has 0 spiro atoms. The van der Waals surface area contributed by atoms with Gasteiger partial charge in [0.2, 0.25) is 0 Å². The molecule has 0 heterocycles. The average molecular weight is 293 g/mol. The Morgan fingerprint density at radius 1 is 1.24 bits per heavy atom. The lowest BCUT2D eigenvalue weighted by atomic mass is 10.1. The van der Waals surface area contributed by atoms with Crippen LogP contribution < -0.4 is 10.5 Å². The molecule has 0 aliphatic carbocycles. The Kier molecular flexibility index (Phi) is 7.65. The van der Waals surface area contributed by atoms with E-state index in [1.807, 2.05) is 0 Å². The van der Waals surface area contributed by atoms with Gasteiger partial charge in [0, 0.05) is 11.8 Å². The third-order valence-electron chi connectivity index (χ3n) is 3.32. The summed E-state index contributed by atoms with van der Waals surface area (Å²) in [7, 11) is 0. The number of unbranched alkanes of at least 4 members (excludes halogenated alkanes) is 3. The van der Waals surface area contributed by atoms with Gasteiger partial charge in [-0.2, -0.15) is 0 Å². The van der Waals surface area contributed by atoms with Gasteiger partial charge < -0.3 is 15.2 Å². The zero-order chi connectivity index (χ0) is 15.7. The molecule has 0 fully saturated rings. The van der Waals surface area contributed by atoms with Crippen molar-refractivity contribution in [3.8, 4) is 5.75 Å². The molecule has 1 aromatic carbocycles. The number of benzene rings is 1. The summed E-state index contributed by atoms with van der Waals surface area (Å²) in [6, 6.07) is 5.12. The fraction of sp³-hybridized carbons (Fsp3) is 0.588. The molecule has 4 nitrogen and oxygen atoms in total. The molecule has 1 aromatic rings. The Labute approximate surface area is 127 Å². The molecule has 0 unspecified atom stereocenters. The highest BCUT2D eigenvalue weighted by Crippen LogP contribution is 2.22. The zero-order valence-electron chi connectivity index (χ0n) is 13.4. The largest absolute Gasteiger partial charge is 0.491 e. The van der Waals surface area contributed by atoms with Crippen LogP contribution in [-0.4, -0.2) is 18.7 Å². The molecule has 0 saturated carbocycles. The molecule has 1 rings (SSSR count). The summed E-state index contributed by atoms with van der Waals surface area (Å²) in [5.74, 6) is 0.303. The fourth-order valence-electron chi connectivity index (χ4n) is 2.16. The first-order chi connectivity index (χ1) is 10.1. The second-order valence-electron chi connectivity index (χ2n) is 5.25. The highest BCUT2D eigenvalue weighted by Gasteiger charge is 2.12. The van der Waals surface area contributed by atoms with Crippen LogP contribution >= 0.6 is 0 Å². The summed E-state index contributed by atoms with van der Waals surface area (Å²) in [5.41, 5.74) is 6.67. The minimum absolute atomic E-state index is 0.148. The van der Waals surface area contributed by atoms with Crippen molar-refractivity contribution < 1.29 is 14.3 Å². The van der Waals surface area contributed by atoms with E-state index in [0.29, 0.717) is 23.6 Å². The third kappa shape index (κ3) is 6.06. The second kappa shape index (κ2) is 9.27. The standard InChI is InChI=1S/C17H27NO3/c1-4-6-7-8-9-13(3)21-14-10-11-15(16(18)12-14)17(19)20-5-2/h10-13H,4-9,18H2,1-3H3/t13-/m1/s1. The maximum atomic E-state index is 11.7. The maximum absolute atomic E-state index is 11.7. The maximum Gasteiger partial charge on any atom is 0.340 e. The Morgan fingerprint density at radius 3 is 2.62 bits per heavy atom. The van der Waals surface area contributed by atoms with Crippen molar-refractivity contribution in [1.29, 1.82) is 0 Å². The van der Waals surface area contributed by atoms with Crippen LogP contribution in [0, 0.1) is 0 Å². The molecule has 21 heavy (non-hydrogen) atoms. The summed E-state index contributed by atoms with van der Waals surface area (Å²) < 4.78 is 10.8. The number of anilines is 1. The molecule has 0 aliphatic heterocycles. The Balaban J connectivity index is 2.53. The van der Waals surface area contributed by atoms with Crippen molar-refractivity contribution in [3.63, 3.8) is 0 Å². The van der Waals surface area contributed by atoms with Crippen molar-refractivity contribution in [2.24, 2.45) is 0 Å². The number of carbonyl (C=O) groups is 1. The van der Waals surface area contributed by atoms with Crippen LogP contribution in [0.15, 0.2) is 18.2 Å². The molecule has 0 bridgehead atoms. The van der Waals surface area contributed by atoms with Crippen LogP contribution in [0.4, 0.5) is 5.69 Å². The van der Waals surface area contributed by atoms with Crippen LogP contribution in [0.1, 0.15) is 63.2 Å². The fourth-order valence-corrected chi connectivity index (χ4v) is 2.16. The van der Waals surface area contributed by atoms with E-state index in [0.717, 1.165) is 6.42 Å². The average Bonchev–Trinajstić information content (AvgIpc) is 2.44. The van der Waals surface area contributed by atoms with Gasteiger partial charge in [-0.25, -0.2) is 4.79 Å². The van der Waals surface area contributed by atoms with Gasteiger partial charge in [-0.05, 0) is 38.8 Å². The van der Waals surface area contributed by atoms with Crippen molar-refractivity contribution in [1.82, 2.24) is 0 Å². The SMILES string of the molecule is CCCCCC[C@@H](C)Oc1ccc(C(=O)OCC)c(N)c1. The van der Waals surface area contributed by atoms with Gasteiger partial charge in [0.25, 0.3) is 0 Å². The quantitative estimate of drug-likeness (QED) is 0.421. The molecule has 1 atom stereocenters. The van der Waals surface area contributed by atoms with E-state index in [1.165, 1.54) is 25.7 Å². The summed E-state index contributed by atoms with van der Waals surface area (Å²) in [6.45, 7) is 6.37. The van der Waals surface area contributed by atoms with Crippen LogP contribution in [0.2, 0.25) is 0 Å². The molecule has 2 N–H and O–H groups in total. The van der Waals surface area contributed by atoms with E-state index >= 15 is 0 Å². The lowest BCUT2D eigenvalue weighted by molar-refractivity contribution is 0.0527. The van der Waals surface area contributed by atoms with Gasteiger partial charge in [0.1, 0.15) is 5.75 Å². The summed E-state index contributed by atoms with van der Waals surface area (Å²) >= 11 is 0. The van der Waals surface area contributed by atoms with E-state index < -0.39 is 5.97 Å². The highest BCUT2D eigenvalue weighted by molar-refractivity contribution is 5.95. The topological polar surface area (TPSA) is 61.5 Å².